The molecule has 4 rings (SSSR count). The summed E-state index contributed by atoms with van der Waals surface area (Å²) in [4.78, 5) is 15.1. The summed E-state index contributed by atoms with van der Waals surface area (Å²) in [6, 6.07) is 9.01. The monoisotopic (exact) mass is 440 g/mol. The van der Waals surface area contributed by atoms with E-state index < -0.39 is 0 Å². The standard InChI is InChI=1S/C22H28N6O2S/c1-16(20(29)24-18-8-5-7-17(13-18)14-23)31-22-26-25-21(27-10-3-2-4-11-27)28(22)15-19-9-6-12-30-19/h5,7-8,13,16,19H,2-4,6,9-12,15H2,1H3,(H,24,29). The molecule has 2 atom stereocenters. The lowest BCUT2D eigenvalue weighted by molar-refractivity contribution is -0.115. The lowest BCUT2D eigenvalue weighted by Gasteiger charge is -2.28. The summed E-state index contributed by atoms with van der Waals surface area (Å²) in [5.41, 5.74) is 1.13. The first kappa shape index (κ1) is 21.7. The van der Waals surface area contributed by atoms with Crippen molar-refractivity contribution in [2.75, 3.05) is 29.9 Å². The first-order chi connectivity index (χ1) is 15.1. The molecule has 0 saturated carbocycles. The predicted octanol–water partition coefficient (Wildman–Crippen LogP) is 3.44. The molecule has 2 aliphatic rings. The van der Waals surface area contributed by atoms with Crippen molar-refractivity contribution >= 4 is 29.3 Å². The smallest absolute Gasteiger partial charge is 0.237 e. The largest absolute Gasteiger partial charge is 0.376 e. The molecule has 1 N–H and O–H groups in total. The third kappa shape index (κ3) is 5.38. The molecule has 2 fully saturated rings. The molecule has 0 spiro atoms. The van der Waals surface area contributed by atoms with Crippen molar-refractivity contribution in [3.63, 3.8) is 0 Å². The van der Waals surface area contributed by atoms with E-state index in [4.69, 9.17) is 10.00 Å². The molecule has 1 aromatic carbocycles. The molecular weight excluding hydrogens is 412 g/mol. The number of amides is 1. The molecule has 8 nitrogen and oxygen atoms in total. The van der Waals surface area contributed by atoms with Crippen LogP contribution in [0, 0.1) is 11.3 Å². The Morgan fingerprint density at radius 3 is 2.90 bits per heavy atom. The average molecular weight is 441 g/mol. The van der Waals surface area contributed by atoms with E-state index in [2.05, 4.69) is 31.1 Å². The summed E-state index contributed by atoms with van der Waals surface area (Å²) in [7, 11) is 0. The number of aromatic nitrogens is 3. The fraction of sp³-hybridized carbons (Fsp3) is 0.545. The van der Waals surface area contributed by atoms with E-state index in [1.807, 2.05) is 6.92 Å². The van der Waals surface area contributed by atoms with Gasteiger partial charge in [0.2, 0.25) is 11.9 Å². The number of piperidine rings is 1. The predicted molar refractivity (Wildman–Crippen MR) is 120 cm³/mol. The van der Waals surface area contributed by atoms with Gasteiger partial charge in [-0.15, -0.1) is 10.2 Å². The van der Waals surface area contributed by atoms with E-state index in [-0.39, 0.29) is 17.3 Å². The number of nitriles is 1. The molecule has 2 unspecified atom stereocenters. The SMILES string of the molecule is CC(Sc1nnc(N2CCCCC2)n1CC1CCCO1)C(=O)Nc1cccc(C#N)c1. The highest BCUT2D eigenvalue weighted by Crippen LogP contribution is 2.29. The number of nitrogens with zero attached hydrogens (tertiary/aromatic N) is 5. The molecule has 3 heterocycles. The zero-order valence-electron chi connectivity index (χ0n) is 17.8. The molecule has 9 heteroatoms. The van der Waals surface area contributed by atoms with Crippen LogP contribution in [0.3, 0.4) is 0 Å². The van der Waals surface area contributed by atoms with Gasteiger partial charge >= 0.3 is 0 Å². The number of rotatable bonds is 7. The summed E-state index contributed by atoms with van der Waals surface area (Å²) in [6.45, 7) is 5.34. The van der Waals surface area contributed by atoms with Crippen molar-refractivity contribution in [1.82, 2.24) is 14.8 Å². The highest BCUT2D eigenvalue weighted by molar-refractivity contribution is 8.00. The van der Waals surface area contributed by atoms with Gasteiger partial charge in [0.1, 0.15) is 0 Å². The number of carbonyl (C=O) groups excluding carboxylic acids is 1. The zero-order chi connectivity index (χ0) is 21.6. The Labute approximate surface area is 187 Å². The third-order valence-corrected chi connectivity index (χ3v) is 6.74. The van der Waals surface area contributed by atoms with Gasteiger partial charge in [-0.3, -0.25) is 9.36 Å². The van der Waals surface area contributed by atoms with Crippen LogP contribution in [0.2, 0.25) is 0 Å². The molecule has 1 aromatic heterocycles. The second-order valence-corrected chi connectivity index (χ2v) is 9.33. The summed E-state index contributed by atoms with van der Waals surface area (Å²) in [6.07, 6.45) is 5.85. The highest BCUT2D eigenvalue weighted by Gasteiger charge is 2.26. The maximum Gasteiger partial charge on any atom is 0.237 e. The van der Waals surface area contributed by atoms with E-state index in [1.165, 1.54) is 18.2 Å². The van der Waals surface area contributed by atoms with E-state index in [0.29, 0.717) is 17.8 Å². The number of hydrogen-bond acceptors (Lipinski definition) is 7. The van der Waals surface area contributed by atoms with Crippen LogP contribution in [-0.4, -0.2) is 51.7 Å². The van der Waals surface area contributed by atoms with Gasteiger partial charge in [0.05, 0.1) is 29.5 Å². The quantitative estimate of drug-likeness (QED) is 0.659. The van der Waals surface area contributed by atoms with Gasteiger partial charge in [-0.25, -0.2) is 0 Å². The van der Waals surface area contributed by atoms with Gasteiger partial charge in [-0.1, -0.05) is 17.8 Å². The lowest BCUT2D eigenvalue weighted by Crippen LogP contribution is -2.33. The average Bonchev–Trinajstić information content (AvgIpc) is 3.45. The van der Waals surface area contributed by atoms with Crippen LogP contribution in [-0.2, 0) is 16.1 Å². The molecule has 164 valence electrons. The first-order valence-corrected chi connectivity index (χ1v) is 11.8. The molecule has 1 amide bonds. The zero-order valence-corrected chi connectivity index (χ0v) is 18.6. The van der Waals surface area contributed by atoms with Gasteiger partial charge < -0.3 is 15.0 Å². The number of thioether (sulfide) groups is 1. The summed E-state index contributed by atoms with van der Waals surface area (Å²) >= 11 is 1.41. The molecule has 0 bridgehead atoms. The van der Waals surface area contributed by atoms with Crippen LogP contribution in [0.25, 0.3) is 0 Å². The number of ether oxygens (including phenoxy) is 1. The number of nitrogens with one attached hydrogen (secondary N) is 1. The minimum Gasteiger partial charge on any atom is -0.376 e. The minimum absolute atomic E-state index is 0.133. The third-order valence-electron chi connectivity index (χ3n) is 5.66. The van der Waals surface area contributed by atoms with Crippen LogP contribution in [0.15, 0.2) is 29.4 Å². The fourth-order valence-corrected chi connectivity index (χ4v) is 4.82. The van der Waals surface area contributed by atoms with Gasteiger partial charge in [0.15, 0.2) is 5.16 Å². The fourth-order valence-electron chi connectivity index (χ4n) is 3.97. The molecule has 2 saturated heterocycles. The Morgan fingerprint density at radius 2 is 2.16 bits per heavy atom. The minimum atomic E-state index is -0.368. The van der Waals surface area contributed by atoms with Crippen LogP contribution in [0.4, 0.5) is 11.6 Å². The van der Waals surface area contributed by atoms with Crippen LogP contribution in [0.1, 0.15) is 44.6 Å². The number of anilines is 2. The van der Waals surface area contributed by atoms with Gasteiger partial charge in [-0.05, 0) is 57.2 Å². The summed E-state index contributed by atoms with van der Waals surface area (Å²) in [5.74, 6) is 0.748. The number of benzene rings is 1. The van der Waals surface area contributed by atoms with E-state index in [1.54, 1.807) is 24.3 Å². The Bertz CT molecular complexity index is 944. The van der Waals surface area contributed by atoms with Crippen molar-refractivity contribution in [2.24, 2.45) is 0 Å². The van der Waals surface area contributed by atoms with Gasteiger partial charge in [0.25, 0.3) is 0 Å². The molecule has 0 aliphatic carbocycles. The molecule has 0 radical (unpaired) electrons. The second kappa shape index (κ2) is 10.2. The van der Waals surface area contributed by atoms with Crippen LogP contribution < -0.4 is 10.2 Å². The van der Waals surface area contributed by atoms with Crippen LogP contribution >= 0.6 is 11.8 Å². The number of carbonyl (C=O) groups is 1. The van der Waals surface area contributed by atoms with E-state index in [0.717, 1.165) is 56.5 Å². The molecular formula is C22H28N6O2S. The maximum atomic E-state index is 12.8. The Hall–Kier alpha value is -2.57. The second-order valence-electron chi connectivity index (χ2n) is 8.02. The van der Waals surface area contributed by atoms with Crippen molar-refractivity contribution in [2.45, 2.75) is 62.1 Å². The van der Waals surface area contributed by atoms with E-state index >= 15 is 0 Å². The van der Waals surface area contributed by atoms with Crippen molar-refractivity contribution in [3.8, 4) is 6.07 Å². The van der Waals surface area contributed by atoms with Gasteiger partial charge in [-0.2, -0.15) is 5.26 Å². The van der Waals surface area contributed by atoms with E-state index in [9.17, 15) is 4.79 Å². The number of hydrogen-bond donors (Lipinski definition) is 1. The lowest BCUT2D eigenvalue weighted by atomic mass is 10.1. The molecule has 31 heavy (non-hydrogen) atoms. The molecule has 2 aliphatic heterocycles. The Kier molecular flexibility index (Phi) is 7.10. The Balaban J connectivity index is 1.48. The summed E-state index contributed by atoms with van der Waals surface area (Å²) in [5, 5.41) is 21.3. The topological polar surface area (TPSA) is 96.1 Å². The van der Waals surface area contributed by atoms with Crippen molar-refractivity contribution in [1.29, 1.82) is 5.26 Å². The highest BCUT2D eigenvalue weighted by atomic mass is 32.2. The molecule has 2 aromatic rings. The van der Waals surface area contributed by atoms with Gasteiger partial charge in [0, 0.05) is 25.4 Å². The van der Waals surface area contributed by atoms with Crippen molar-refractivity contribution in [3.05, 3.63) is 29.8 Å². The van der Waals surface area contributed by atoms with Crippen molar-refractivity contribution < 1.29 is 9.53 Å². The first-order valence-electron chi connectivity index (χ1n) is 10.9. The Morgan fingerprint density at radius 1 is 1.32 bits per heavy atom. The summed E-state index contributed by atoms with van der Waals surface area (Å²) < 4.78 is 8.00. The normalized spacial score (nSPS) is 19.7. The maximum absolute atomic E-state index is 12.8. The van der Waals surface area contributed by atoms with Crippen LogP contribution in [0.5, 0.6) is 0 Å².